The lowest BCUT2D eigenvalue weighted by Gasteiger charge is -2.32. The molecular formula is C17H28ClF2N5O. The van der Waals surface area contributed by atoms with Crippen molar-refractivity contribution in [3.8, 4) is 0 Å². The predicted molar refractivity (Wildman–Crippen MR) is 98.0 cm³/mol. The highest BCUT2D eigenvalue weighted by Gasteiger charge is 2.34. The van der Waals surface area contributed by atoms with Crippen LogP contribution >= 0.6 is 12.4 Å². The molecule has 2 fully saturated rings. The Kier molecular flexibility index (Phi) is 7.37. The maximum Gasteiger partial charge on any atom is 0.280 e. The maximum atomic E-state index is 13.5. The number of rotatable bonds is 5. The molecule has 6 nitrogen and oxygen atoms in total. The number of alkyl halides is 2. The molecule has 0 aliphatic carbocycles. The van der Waals surface area contributed by atoms with E-state index in [1.165, 1.54) is 10.9 Å². The molecule has 2 aliphatic heterocycles. The number of aromatic nitrogens is 2. The molecule has 26 heavy (non-hydrogen) atoms. The topological polar surface area (TPSA) is 53.4 Å². The standard InChI is InChI=1S/C17H27F2N5O.ClH/c1-12(2)10-24-15(16(18)19)14(9-21-24)17(25)23-6-3-13(11-23)22-7-4-20-5-8-22;/h9,12-13,16,20H,3-8,10-11H2,1-2H3;1H. The minimum Gasteiger partial charge on any atom is -0.337 e. The fraction of sp³-hybridized carbons (Fsp3) is 0.765. The highest BCUT2D eigenvalue weighted by atomic mass is 35.5. The third-order valence-electron chi connectivity index (χ3n) is 4.97. The van der Waals surface area contributed by atoms with Crippen LogP contribution in [-0.2, 0) is 6.54 Å². The summed E-state index contributed by atoms with van der Waals surface area (Å²) in [4.78, 5) is 16.9. The van der Waals surface area contributed by atoms with Crippen molar-refractivity contribution in [1.29, 1.82) is 0 Å². The van der Waals surface area contributed by atoms with Crippen LogP contribution in [0.2, 0.25) is 0 Å². The van der Waals surface area contributed by atoms with Crippen molar-refractivity contribution in [3.05, 3.63) is 17.5 Å². The molecule has 148 valence electrons. The van der Waals surface area contributed by atoms with Crippen LogP contribution in [0.25, 0.3) is 0 Å². The number of halogens is 3. The first kappa shape index (κ1) is 21.1. The molecule has 9 heteroatoms. The van der Waals surface area contributed by atoms with Gasteiger partial charge in [0, 0.05) is 51.9 Å². The Balaban J connectivity index is 0.00000243. The van der Waals surface area contributed by atoms with Gasteiger partial charge in [-0.25, -0.2) is 8.78 Å². The smallest absolute Gasteiger partial charge is 0.280 e. The number of hydrogen-bond donors (Lipinski definition) is 1. The first-order chi connectivity index (χ1) is 12.0. The average Bonchev–Trinajstić information content (AvgIpc) is 3.21. The largest absolute Gasteiger partial charge is 0.337 e. The van der Waals surface area contributed by atoms with Gasteiger partial charge in [-0.2, -0.15) is 5.10 Å². The summed E-state index contributed by atoms with van der Waals surface area (Å²) in [5.41, 5.74) is -0.194. The van der Waals surface area contributed by atoms with E-state index < -0.39 is 6.43 Å². The van der Waals surface area contributed by atoms with E-state index >= 15 is 0 Å². The first-order valence-corrected chi connectivity index (χ1v) is 9.05. The Hall–Kier alpha value is -1.25. The monoisotopic (exact) mass is 391 g/mol. The minimum atomic E-state index is -2.70. The van der Waals surface area contributed by atoms with Crippen LogP contribution in [0, 0.1) is 5.92 Å². The summed E-state index contributed by atoms with van der Waals surface area (Å²) in [5, 5.41) is 7.37. The Morgan fingerprint density at radius 2 is 2.00 bits per heavy atom. The summed E-state index contributed by atoms with van der Waals surface area (Å²) < 4.78 is 28.4. The van der Waals surface area contributed by atoms with Crippen molar-refractivity contribution in [3.63, 3.8) is 0 Å². The van der Waals surface area contributed by atoms with Gasteiger partial charge in [0.25, 0.3) is 12.3 Å². The quantitative estimate of drug-likeness (QED) is 0.834. The van der Waals surface area contributed by atoms with Gasteiger partial charge < -0.3 is 10.2 Å². The van der Waals surface area contributed by atoms with E-state index in [0.29, 0.717) is 25.7 Å². The van der Waals surface area contributed by atoms with E-state index in [4.69, 9.17) is 0 Å². The van der Waals surface area contributed by atoms with Crippen LogP contribution in [0.5, 0.6) is 0 Å². The van der Waals surface area contributed by atoms with E-state index in [0.717, 1.165) is 32.6 Å². The highest BCUT2D eigenvalue weighted by Crippen LogP contribution is 2.26. The van der Waals surface area contributed by atoms with Gasteiger partial charge in [0.1, 0.15) is 5.69 Å². The molecule has 0 spiro atoms. The summed E-state index contributed by atoms with van der Waals surface area (Å²) in [6.45, 7) is 9.36. The van der Waals surface area contributed by atoms with Crippen molar-refractivity contribution in [2.75, 3.05) is 39.3 Å². The van der Waals surface area contributed by atoms with Crippen molar-refractivity contribution in [2.24, 2.45) is 5.92 Å². The molecule has 1 atom stereocenters. The zero-order valence-electron chi connectivity index (χ0n) is 15.3. The van der Waals surface area contributed by atoms with Gasteiger partial charge in [-0.3, -0.25) is 14.4 Å². The van der Waals surface area contributed by atoms with E-state index in [2.05, 4.69) is 15.3 Å². The van der Waals surface area contributed by atoms with Gasteiger partial charge in [-0.1, -0.05) is 13.8 Å². The van der Waals surface area contributed by atoms with Crippen LogP contribution in [0.1, 0.15) is 42.7 Å². The van der Waals surface area contributed by atoms with Gasteiger partial charge >= 0.3 is 0 Å². The predicted octanol–water partition coefficient (Wildman–Crippen LogP) is 2.02. The van der Waals surface area contributed by atoms with Crippen LogP contribution < -0.4 is 5.32 Å². The fourth-order valence-electron chi connectivity index (χ4n) is 3.72. The molecule has 2 saturated heterocycles. The number of carbonyl (C=O) groups is 1. The van der Waals surface area contributed by atoms with Gasteiger partial charge in [0.05, 0.1) is 11.8 Å². The second-order valence-corrected chi connectivity index (χ2v) is 7.30. The van der Waals surface area contributed by atoms with Crippen molar-refractivity contribution in [1.82, 2.24) is 24.9 Å². The molecular weight excluding hydrogens is 364 g/mol. The number of piperazine rings is 1. The molecule has 1 amide bonds. The lowest BCUT2D eigenvalue weighted by molar-refractivity contribution is 0.0758. The Bertz CT molecular complexity index is 604. The highest BCUT2D eigenvalue weighted by molar-refractivity contribution is 5.95. The maximum absolute atomic E-state index is 13.5. The van der Waals surface area contributed by atoms with Crippen molar-refractivity contribution < 1.29 is 13.6 Å². The molecule has 3 heterocycles. The Morgan fingerprint density at radius 3 is 2.62 bits per heavy atom. The molecule has 0 radical (unpaired) electrons. The van der Waals surface area contributed by atoms with Gasteiger partial charge in [-0.15, -0.1) is 12.4 Å². The van der Waals surface area contributed by atoms with E-state index in [9.17, 15) is 13.6 Å². The second kappa shape index (κ2) is 9.10. The lowest BCUT2D eigenvalue weighted by atomic mass is 10.2. The lowest BCUT2D eigenvalue weighted by Crippen LogP contribution is -2.49. The van der Waals surface area contributed by atoms with E-state index in [-0.39, 0.29) is 35.5 Å². The van der Waals surface area contributed by atoms with Crippen LogP contribution in [0.4, 0.5) is 8.78 Å². The zero-order chi connectivity index (χ0) is 18.0. The summed E-state index contributed by atoms with van der Waals surface area (Å²) in [6, 6.07) is 0.326. The molecule has 1 unspecified atom stereocenters. The Morgan fingerprint density at radius 1 is 1.31 bits per heavy atom. The molecule has 0 bridgehead atoms. The fourth-order valence-corrected chi connectivity index (χ4v) is 3.72. The zero-order valence-corrected chi connectivity index (χ0v) is 16.1. The number of nitrogens with zero attached hydrogens (tertiary/aromatic N) is 4. The summed E-state index contributed by atoms with van der Waals surface area (Å²) in [6.07, 6.45) is -0.494. The van der Waals surface area contributed by atoms with E-state index in [1.807, 2.05) is 13.8 Å². The molecule has 1 aromatic heterocycles. The molecule has 1 N–H and O–H groups in total. The van der Waals surface area contributed by atoms with E-state index in [1.54, 1.807) is 4.90 Å². The number of likely N-dealkylation sites (tertiary alicyclic amines) is 1. The van der Waals surface area contributed by atoms with Gasteiger partial charge in [0.15, 0.2) is 0 Å². The SMILES string of the molecule is CC(C)Cn1ncc(C(=O)N2CCC(N3CCNCC3)C2)c1C(F)F.Cl. The molecule has 1 aromatic rings. The average molecular weight is 392 g/mol. The number of amides is 1. The number of carbonyl (C=O) groups excluding carboxylic acids is 1. The summed E-state index contributed by atoms with van der Waals surface area (Å²) in [5.74, 6) is -0.132. The molecule has 0 saturated carbocycles. The molecule has 2 aliphatic rings. The normalized spacial score (nSPS) is 21.5. The van der Waals surface area contributed by atoms with Crippen LogP contribution in [0.3, 0.4) is 0 Å². The first-order valence-electron chi connectivity index (χ1n) is 9.05. The van der Waals surface area contributed by atoms with Crippen LogP contribution in [0.15, 0.2) is 6.20 Å². The van der Waals surface area contributed by atoms with Crippen molar-refractivity contribution >= 4 is 18.3 Å². The molecule has 0 aromatic carbocycles. The summed E-state index contributed by atoms with van der Waals surface area (Å²) in [7, 11) is 0. The summed E-state index contributed by atoms with van der Waals surface area (Å²) >= 11 is 0. The molecule has 3 rings (SSSR count). The third-order valence-corrected chi connectivity index (χ3v) is 4.97. The minimum absolute atomic E-state index is 0. The van der Waals surface area contributed by atoms with Crippen LogP contribution in [-0.4, -0.2) is 70.8 Å². The number of hydrogen-bond acceptors (Lipinski definition) is 4. The van der Waals surface area contributed by atoms with Crippen molar-refractivity contribution in [2.45, 2.75) is 39.3 Å². The third kappa shape index (κ3) is 4.53. The van der Waals surface area contributed by atoms with Gasteiger partial charge in [0.2, 0.25) is 0 Å². The number of nitrogens with one attached hydrogen (secondary N) is 1. The second-order valence-electron chi connectivity index (χ2n) is 7.30. The Labute approximate surface area is 159 Å². The van der Waals surface area contributed by atoms with Gasteiger partial charge in [-0.05, 0) is 12.3 Å².